The normalized spacial score (nSPS) is 12.7. The monoisotopic (exact) mass is 479 g/mol. The van der Waals surface area contributed by atoms with Crippen LogP contribution in [0.5, 0.6) is 0 Å². The number of hydrogen-bond donors (Lipinski definition) is 2. The van der Waals surface area contributed by atoms with Gasteiger partial charge in [0.1, 0.15) is 19.2 Å². The number of fused-ring (bicyclic) bond motifs is 3. The minimum atomic E-state index is -1.17. The molecule has 0 saturated carbocycles. The smallest absolute Gasteiger partial charge is 0.407 e. The van der Waals surface area contributed by atoms with Gasteiger partial charge >= 0.3 is 12.1 Å². The molecule has 9 nitrogen and oxygen atoms in total. The van der Waals surface area contributed by atoms with E-state index in [4.69, 9.17) is 14.7 Å². The Morgan fingerprint density at radius 3 is 2.31 bits per heavy atom. The largest absolute Gasteiger partial charge is 0.480 e. The minimum Gasteiger partial charge on any atom is -0.480 e. The first-order valence-corrected chi connectivity index (χ1v) is 11.4. The first-order valence-electron chi connectivity index (χ1n) is 11.4. The highest BCUT2D eigenvalue weighted by molar-refractivity contribution is 5.88. The number of methoxy groups -OCH3 is 1. The third kappa shape index (κ3) is 6.58. The van der Waals surface area contributed by atoms with E-state index in [1.807, 2.05) is 54.6 Å². The average molecular weight is 480 g/mol. The third-order valence-electron chi connectivity index (χ3n) is 5.92. The summed E-state index contributed by atoms with van der Waals surface area (Å²) in [6.45, 7) is -0.234. The van der Waals surface area contributed by atoms with Crippen LogP contribution in [0.1, 0.15) is 36.3 Å². The number of hydrogen-bond acceptors (Lipinski definition) is 6. The van der Waals surface area contributed by atoms with Gasteiger partial charge in [0.2, 0.25) is 5.91 Å². The summed E-state index contributed by atoms with van der Waals surface area (Å²) in [4.78, 5) is 38.1. The van der Waals surface area contributed by atoms with E-state index in [1.165, 1.54) is 7.11 Å². The van der Waals surface area contributed by atoms with Gasteiger partial charge < -0.3 is 24.8 Å². The Kier molecular flexibility index (Phi) is 9.21. The van der Waals surface area contributed by atoms with Crippen molar-refractivity contribution in [2.45, 2.75) is 31.2 Å². The second-order valence-corrected chi connectivity index (χ2v) is 8.22. The molecule has 0 bridgehead atoms. The molecule has 1 unspecified atom stereocenters. The van der Waals surface area contributed by atoms with Crippen LogP contribution in [0.3, 0.4) is 0 Å². The second-order valence-electron chi connectivity index (χ2n) is 8.22. The standard InChI is InChI=1S/C26H29N3O6/c1-34-15-14-29(16-24(30)31)25(32)23(12-6-7-13-27)28-26(33)35-17-22-20-10-4-2-8-18(20)19-9-3-5-11-21(19)22/h2-5,8-11,22-23H,6-7,12,14-17H2,1H3,(H,28,33)(H,30,31). The van der Waals surface area contributed by atoms with Crippen molar-refractivity contribution in [1.29, 1.82) is 5.26 Å². The zero-order chi connectivity index (χ0) is 25.2. The van der Waals surface area contributed by atoms with E-state index in [1.54, 1.807) is 0 Å². The van der Waals surface area contributed by atoms with Crippen LogP contribution in [0.2, 0.25) is 0 Å². The molecule has 2 N–H and O–H groups in total. The lowest BCUT2D eigenvalue weighted by atomic mass is 9.98. The number of carbonyl (C=O) groups excluding carboxylic acids is 2. The Morgan fingerprint density at radius 1 is 1.11 bits per heavy atom. The van der Waals surface area contributed by atoms with Crippen molar-refractivity contribution in [1.82, 2.24) is 10.2 Å². The molecule has 1 aliphatic rings. The van der Waals surface area contributed by atoms with Crippen LogP contribution in [-0.4, -0.2) is 67.4 Å². The quantitative estimate of drug-likeness (QED) is 0.448. The molecular formula is C26H29N3O6. The van der Waals surface area contributed by atoms with Crippen LogP contribution in [0, 0.1) is 11.3 Å². The molecule has 0 saturated heterocycles. The number of ether oxygens (including phenoxy) is 2. The highest BCUT2D eigenvalue weighted by Gasteiger charge is 2.31. The van der Waals surface area contributed by atoms with E-state index in [0.717, 1.165) is 27.2 Å². The van der Waals surface area contributed by atoms with Crippen molar-refractivity contribution in [2.24, 2.45) is 0 Å². The van der Waals surface area contributed by atoms with Crippen molar-refractivity contribution in [3.05, 3.63) is 59.7 Å². The molecule has 0 heterocycles. The Labute approximate surface area is 204 Å². The van der Waals surface area contributed by atoms with E-state index in [0.29, 0.717) is 6.42 Å². The summed E-state index contributed by atoms with van der Waals surface area (Å²) in [5.41, 5.74) is 4.33. The number of aliphatic carboxylic acids is 1. The number of carboxylic acid groups (broad SMARTS) is 1. The van der Waals surface area contributed by atoms with Gasteiger partial charge in [0.25, 0.3) is 0 Å². The van der Waals surface area contributed by atoms with Gasteiger partial charge in [0.15, 0.2) is 0 Å². The molecule has 2 aromatic carbocycles. The molecule has 0 radical (unpaired) electrons. The molecule has 0 aromatic heterocycles. The number of nitriles is 1. The minimum absolute atomic E-state index is 0.0583. The van der Waals surface area contributed by atoms with Crippen LogP contribution < -0.4 is 5.32 Å². The molecule has 0 spiro atoms. The van der Waals surface area contributed by atoms with Crippen molar-refractivity contribution in [3.63, 3.8) is 0 Å². The van der Waals surface area contributed by atoms with Crippen LogP contribution in [0.25, 0.3) is 11.1 Å². The number of rotatable bonds is 12. The first kappa shape index (κ1) is 25.7. The summed E-state index contributed by atoms with van der Waals surface area (Å²) in [6.07, 6.45) is -0.0293. The summed E-state index contributed by atoms with van der Waals surface area (Å²) in [5, 5.41) is 20.6. The van der Waals surface area contributed by atoms with Gasteiger partial charge in [-0.15, -0.1) is 0 Å². The number of benzene rings is 2. The molecule has 2 aromatic rings. The van der Waals surface area contributed by atoms with Gasteiger partial charge in [-0.25, -0.2) is 4.79 Å². The lowest BCUT2D eigenvalue weighted by Crippen LogP contribution is -2.51. The Bertz CT molecular complexity index is 1050. The average Bonchev–Trinajstić information content (AvgIpc) is 3.18. The van der Waals surface area contributed by atoms with Crippen LogP contribution in [0.4, 0.5) is 4.79 Å². The first-order chi connectivity index (χ1) is 17.0. The molecule has 184 valence electrons. The lowest BCUT2D eigenvalue weighted by molar-refractivity contribution is -0.145. The number of alkyl carbamates (subject to hydrolysis) is 1. The van der Waals surface area contributed by atoms with E-state index >= 15 is 0 Å². The maximum Gasteiger partial charge on any atom is 0.407 e. The van der Waals surface area contributed by atoms with E-state index in [2.05, 4.69) is 5.32 Å². The molecule has 1 aliphatic carbocycles. The molecule has 0 fully saturated rings. The van der Waals surface area contributed by atoms with Crippen molar-refractivity contribution in [2.75, 3.05) is 33.4 Å². The molecule has 3 rings (SSSR count). The number of unbranched alkanes of at least 4 members (excludes halogenated alkanes) is 1. The van der Waals surface area contributed by atoms with E-state index in [9.17, 15) is 19.5 Å². The van der Waals surface area contributed by atoms with Crippen LogP contribution in [0.15, 0.2) is 48.5 Å². The Hall–Kier alpha value is -3.90. The molecule has 35 heavy (non-hydrogen) atoms. The van der Waals surface area contributed by atoms with E-state index < -0.39 is 30.6 Å². The van der Waals surface area contributed by atoms with Gasteiger partial charge in [0.05, 0.1) is 12.7 Å². The number of amides is 2. The summed E-state index contributed by atoms with van der Waals surface area (Å²) < 4.78 is 10.5. The van der Waals surface area contributed by atoms with Gasteiger partial charge in [0, 0.05) is 26.0 Å². The fraction of sp³-hybridized carbons (Fsp3) is 0.385. The van der Waals surface area contributed by atoms with Gasteiger partial charge in [-0.2, -0.15) is 5.26 Å². The van der Waals surface area contributed by atoms with Gasteiger partial charge in [-0.1, -0.05) is 48.5 Å². The highest BCUT2D eigenvalue weighted by atomic mass is 16.5. The molecular weight excluding hydrogens is 450 g/mol. The van der Waals surface area contributed by atoms with Crippen molar-refractivity contribution >= 4 is 18.0 Å². The summed E-state index contributed by atoms with van der Waals surface area (Å²) in [6, 6.07) is 16.9. The Balaban J connectivity index is 1.69. The zero-order valence-electron chi connectivity index (χ0n) is 19.6. The number of nitrogens with one attached hydrogen (secondary N) is 1. The molecule has 1 atom stereocenters. The number of nitrogens with zero attached hydrogens (tertiary/aromatic N) is 2. The fourth-order valence-electron chi connectivity index (χ4n) is 4.28. The van der Waals surface area contributed by atoms with Crippen LogP contribution >= 0.6 is 0 Å². The predicted octanol–water partition coefficient (Wildman–Crippen LogP) is 3.15. The predicted molar refractivity (Wildman–Crippen MR) is 128 cm³/mol. The van der Waals surface area contributed by atoms with Crippen molar-refractivity contribution < 1.29 is 29.0 Å². The zero-order valence-corrected chi connectivity index (χ0v) is 19.6. The lowest BCUT2D eigenvalue weighted by Gasteiger charge is -2.26. The van der Waals surface area contributed by atoms with Gasteiger partial charge in [-0.3, -0.25) is 9.59 Å². The molecule has 2 amide bonds. The highest BCUT2D eigenvalue weighted by Crippen LogP contribution is 2.44. The fourth-order valence-corrected chi connectivity index (χ4v) is 4.28. The number of carboxylic acids is 1. The van der Waals surface area contributed by atoms with Crippen molar-refractivity contribution in [3.8, 4) is 17.2 Å². The summed E-state index contributed by atoms with van der Waals surface area (Å²) in [7, 11) is 1.45. The number of carbonyl (C=O) groups is 3. The summed E-state index contributed by atoms with van der Waals surface area (Å²) in [5.74, 6) is -1.87. The van der Waals surface area contributed by atoms with Crippen LogP contribution in [-0.2, 0) is 19.1 Å². The van der Waals surface area contributed by atoms with E-state index in [-0.39, 0.29) is 38.5 Å². The maximum atomic E-state index is 13.1. The third-order valence-corrected chi connectivity index (χ3v) is 5.92. The topological polar surface area (TPSA) is 129 Å². The molecule has 9 heteroatoms. The second kappa shape index (κ2) is 12.5. The van der Waals surface area contributed by atoms with Gasteiger partial charge in [-0.05, 0) is 35.1 Å². The SMILES string of the molecule is COCCN(CC(=O)O)C(=O)C(CCCC#N)NC(=O)OCC1c2ccccc2-c2ccccc21. The Morgan fingerprint density at radius 2 is 1.74 bits per heavy atom. The maximum absolute atomic E-state index is 13.1. The summed E-state index contributed by atoms with van der Waals surface area (Å²) >= 11 is 0. The molecule has 0 aliphatic heterocycles.